The molecule has 1 amide bonds. The van der Waals surface area contributed by atoms with E-state index in [4.69, 9.17) is 25.5 Å². The van der Waals surface area contributed by atoms with Crippen molar-refractivity contribution in [3.8, 4) is 0 Å². The lowest BCUT2D eigenvalue weighted by Crippen LogP contribution is -2.36. The summed E-state index contributed by atoms with van der Waals surface area (Å²) in [6.07, 6.45) is 1.62. The van der Waals surface area contributed by atoms with Crippen LogP contribution in [0.5, 0.6) is 0 Å². The van der Waals surface area contributed by atoms with E-state index < -0.39 is 5.60 Å². The fourth-order valence-electron chi connectivity index (χ4n) is 3.23. The molecule has 0 spiro atoms. The topological polar surface area (TPSA) is 80.9 Å². The zero-order valence-electron chi connectivity index (χ0n) is 16.2. The lowest BCUT2D eigenvalue weighted by atomic mass is 10.2. The van der Waals surface area contributed by atoms with Gasteiger partial charge in [-0.2, -0.15) is 4.98 Å². The highest BCUT2D eigenvalue weighted by atomic mass is 35.5. The summed E-state index contributed by atoms with van der Waals surface area (Å²) in [5.41, 5.74) is 1.62. The molecule has 4 heterocycles. The van der Waals surface area contributed by atoms with Crippen LogP contribution >= 0.6 is 11.6 Å². The highest BCUT2D eigenvalue weighted by Crippen LogP contribution is 2.33. The molecule has 150 valence electrons. The lowest BCUT2D eigenvalue weighted by molar-refractivity contribution is 0.0306. The van der Waals surface area contributed by atoms with Gasteiger partial charge >= 0.3 is 6.09 Å². The molecule has 0 saturated carbocycles. The third-order valence-electron chi connectivity index (χ3n) is 4.52. The molecule has 8 nitrogen and oxygen atoms in total. The maximum Gasteiger partial charge on any atom is 0.410 e. The summed E-state index contributed by atoms with van der Waals surface area (Å²) in [5, 5.41) is 0.178. The summed E-state index contributed by atoms with van der Waals surface area (Å²) >= 11 is 6.13. The molecule has 0 atom stereocenters. The van der Waals surface area contributed by atoms with Crippen LogP contribution in [0.3, 0.4) is 0 Å². The minimum absolute atomic E-state index is 0.178. The first-order chi connectivity index (χ1) is 13.3. The van der Waals surface area contributed by atoms with E-state index in [1.54, 1.807) is 4.90 Å². The monoisotopic (exact) mass is 406 g/mol. The van der Waals surface area contributed by atoms with E-state index in [1.165, 1.54) is 0 Å². The molecular weight excluding hydrogens is 384 g/mol. The maximum atomic E-state index is 12.3. The van der Waals surface area contributed by atoms with Gasteiger partial charge in [0.15, 0.2) is 11.4 Å². The number of furan rings is 1. The molecule has 0 bridgehead atoms. The van der Waals surface area contributed by atoms with Gasteiger partial charge in [-0.25, -0.2) is 9.78 Å². The molecule has 1 fully saturated rings. The number of carbonyl (C=O) groups is 1. The Labute approximate surface area is 168 Å². The summed E-state index contributed by atoms with van der Waals surface area (Å²) in [6, 6.07) is 1.84. The number of rotatable bonds is 2. The Balaban J connectivity index is 1.58. The second-order valence-electron chi connectivity index (χ2n) is 7.83. The number of nitrogens with zero attached hydrogens (tertiary/aromatic N) is 4. The highest BCUT2D eigenvalue weighted by Gasteiger charge is 2.28. The fraction of sp³-hybridized carbons (Fsp3) is 0.526. The molecule has 1 saturated heterocycles. The van der Waals surface area contributed by atoms with Crippen molar-refractivity contribution >= 4 is 40.2 Å². The number of halogens is 1. The second kappa shape index (κ2) is 7.25. The molecule has 2 aromatic heterocycles. The Kier molecular flexibility index (Phi) is 4.93. The highest BCUT2D eigenvalue weighted by molar-refractivity contribution is 6.28. The van der Waals surface area contributed by atoms with Gasteiger partial charge in [0.2, 0.25) is 5.28 Å². The number of hydrogen-bond acceptors (Lipinski definition) is 7. The predicted octanol–water partition coefficient (Wildman–Crippen LogP) is 3.35. The fourth-order valence-corrected chi connectivity index (χ4v) is 3.41. The Morgan fingerprint density at radius 1 is 1.25 bits per heavy atom. The van der Waals surface area contributed by atoms with Crippen LogP contribution in [0.15, 0.2) is 16.6 Å². The largest absolute Gasteiger partial charge is 0.451 e. The first-order valence-corrected chi connectivity index (χ1v) is 9.65. The van der Waals surface area contributed by atoms with Gasteiger partial charge < -0.3 is 23.7 Å². The molecule has 2 aliphatic heterocycles. The van der Waals surface area contributed by atoms with Crippen molar-refractivity contribution in [3.05, 3.63) is 23.2 Å². The van der Waals surface area contributed by atoms with E-state index in [-0.39, 0.29) is 11.4 Å². The normalized spacial score (nSPS) is 17.9. The molecule has 0 radical (unpaired) electrons. The van der Waals surface area contributed by atoms with Crippen molar-refractivity contribution in [2.75, 3.05) is 44.3 Å². The molecule has 0 aliphatic carbocycles. The number of aromatic nitrogens is 2. The molecule has 9 heteroatoms. The average Bonchev–Trinajstić information content (AvgIpc) is 3.27. The van der Waals surface area contributed by atoms with Crippen LogP contribution in [0.25, 0.3) is 16.7 Å². The molecule has 28 heavy (non-hydrogen) atoms. The van der Waals surface area contributed by atoms with Crippen LogP contribution in [-0.2, 0) is 9.47 Å². The Hall–Kier alpha value is -2.32. The number of ether oxygens (including phenoxy) is 2. The van der Waals surface area contributed by atoms with Crippen molar-refractivity contribution in [3.63, 3.8) is 0 Å². The smallest absolute Gasteiger partial charge is 0.410 e. The van der Waals surface area contributed by atoms with Crippen LogP contribution in [0, 0.1) is 0 Å². The predicted molar refractivity (Wildman–Crippen MR) is 106 cm³/mol. The number of hydrogen-bond donors (Lipinski definition) is 0. The first-order valence-electron chi connectivity index (χ1n) is 9.27. The van der Waals surface area contributed by atoms with Crippen molar-refractivity contribution in [2.45, 2.75) is 26.4 Å². The third-order valence-corrected chi connectivity index (χ3v) is 4.69. The average molecular weight is 407 g/mol. The van der Waals surface area contributed by atoms with Crippen LogP contribution in [0.1, 0.15) is 26.5 Å². The minimum atomic E-state index is -0.529. The van der Waals surface area contributed by atoms with Gasteiger partial charge in [0.25, 0.3) is 0 Å². The Bertz CT molecular complexity index is 928. The van der Waals surface area contributed by atoms with Gasteiger partial charge in [0.1, 0.15) is 16.9 Å². The van der Waals surface area contributed by atoms with Crippen LogP contribution < -0.4 is 4.90 Å². The van der Waals surface area contributed by atoms with Crippen molar-refractivity contribution in [1.29, 1.82) is 0 Å². The van der Waals surface area contributed by atoms with E-state index in [0.29, 0.717) is 62.1 Å². The van der Waals surface area contributed by atoms with Crippen LogP contribution in [0.2, 0.25) is 5.28 Å². The van der Waals surface area contributed by atoms with Gasteiger partial charge in [-0.3, -0.25) is 0 Å². The first kappa shape index (κ1) is 19.0. The molecule has 2 aliphatic rings. The van der Waals surface area contributed by atoms with Crippen molar-refractivity contribution in [2.24, 2.45) is 0 Å². The van der Waals surface area contributed by atoms with Crippen LogP contribution in [-0.4, -0.2) is 66.0 Å². The standard InChI is InChI=1S/C19H23ClN4O4/c1-19(2,3)28-18(25)24-5-4-12(11-24)14-10-13-15(27-14)16(22-17(20)21-13)23-6-8-26-9-7-23/h4,10H,5-9,11H2,1-3H3. The van der Waals surface area contributed by atoms with E-state index in [1.807, 2.05) is 32.9 Å². The quantitative estimate of drug-likeness (QED) is 0.707. The summed E-state index contributed by atoms with van der Waals surface area (Å²) in [5.74, 6) is 1.33. The number of morpholine rings is 1. The molecule has 0 aromatic carbocycles. The van der Waals surface area contributed by atoms with E-state index in [9.17, 15) is 4.79 Å². The lowest BCUT2D eigenvalue weighted by Gasteiger charge is -2.27. The maximum absolute atomic E-state index is 12.3. The molecular formula is C19H23ClN4O4. The number of fused-ring (bicyclic) bond motifs is 1. The van der Waals surface area contributed by atoms with Gasteiger partial charge in [0, 0.05) is 31.3 Å². The Morgan fingerprint density at radius 2 is 2.00 bits per heavy atom. The summed E-state index contributed by atoms with van der Waals surface area (Å²) < 4.78 is 17.0. The zero-order chi connectivity index (χ0) is 19.9. The molecule has 4 rings (SSSR count). The van der Waals surface area contributed by atoms with Gasteiger partial charge in [-0.1, -0.05) is 6.08 Å². The SMILES string of the molecule is CC(C)(C)OC(=O)N1CC=C(c2cc3nc(Cl)nc(N4CCOCC4)c3o2)C1. The molecule has 2 aromatic rings. The van der Waals surface area contributed by atoms with Crippen LogP contribution in [0.4, 0.5) is 10.6 Å². The second-order valence-corrected chi connectivity index (χ2v) is 8.17. The molecule has 0 N–H and O–H groups in total. The summed E-state index contributed by atoms with van der Waals surface area (Å²) in [4.78, 5) is 24.7. The third kappa shape index (κ3) is 3.93. The molecule has 0 unspecified atom stereocenters. The summed E-state index contributed by atoms with van der Waals surface area (Å²) in [7, 11) is 0. The van der Waals surface area contributed by atoms with E-state index in [2.05, 4.69) is 14.9 Å². The summed E-state index contributed by atoms with van der Waals surface area (Å²) in [6.45, 7) is 9.14. The van der Waals surface area contributed by atoms with E-state index in [0.717, 1.165) is 5.57 Å². The Morgan fingerprint density at radius 3 is 2.71 bits per heavy atom. The van der Waals surface area contributed by atoms with Crippen molar-refractivity contribution < 1.29 is 18.7 Å². The minimum Gasteiger partial charge on any atom is -0.451 e. The number of carbonyl (C=O) groups excluding carboxylic acids is 1. The van der Waals surface area contributed by atoms with E-state index >= 15 is 0 Å². The van der Waals surface area contributed by atoms with Gasteiger partial charge in [-0.15, -0.1) is 0 Å². The van der Waals surface area contributed by atoms with Gasteiger partial charge in [0.05, 0.1) is 19.8 Å². The van der Waals surface area contributed by atoms with Crippen molar-refractivity contribution in [1.82, 2.24) is 14.9 Å². The van der Waals surface area contributed by atoms with Gasteiger partial charge in [-0.05, 0) is 32.4 Å². The number of amides is 1. The number of anilines is 1. The zero-order valence-corrected chi connectivity index (χ0v) is 17.0.